The smallest absolute Gasteiger partial charge is 0.130 e. The molecule has 1 nitrogen and oxygen atoms in total. The fourth-order valence-electron chi connectivity index (χ4n) is 5.38. The number of fused-ring (bicyclic) bond motifs is 3. The summed E-state index contributed by atoms with van der Waals surface area (Å²) in [6.45, 7) is 6.88. The molecule has 1 N–H and O–H groups in total. The van der Waals surface area contributed by atoms with Crippen molar-refractivity contribution in [2.75, 3.05) is 0 Å². The fraction of sp³-hybridized carbons (Fsp3) is 0.778. The molecular weight excluding hydrogens is 232 g/mol. The maximum Gasteiger partial charge on any atom is 0.130 e. The summed E-state index contributed by atoms with van der Waals surface area (Å²) in [5, 5.41) is 10.8. The van der Waals surface area contributed by atoms with Gasteiger partial charge in [0.1, 0.15) is 5.60 Å². The SMILES string of the molecule is C#C[C@]1(O)CC[C@H]2[C@@H]3CCC(C)=C(C)[C@H]3CC[C@@]21C. The monoisotopic (exact) mass is 258 g/mol. The van der Waals surface area contributed by atoms with Crippen molar-refractivity contribution in [3.05, 3.63) is 11.1 Å². The minimum absolute atomic E-state index is 0.0472. The fourth-order valence-corrected chi connectivity index (χ4v) is 5.38. The van der Waals surface area contributed by atoms with E-state index in [1.54, 1.807) is 11.1 Å². The molecule has 0 aromatic carbocycles. The highest BCUT2D eigenvalue weighted by molar-refractivity contribution is 5.26. The highest BCUT2D eigenvalue weighted by Gasteiger charge is 2.60. The average Bonchev–Trinajstić information content (AvgIpc) is 2.67. The van der Waals surface area contributed by atoms with Crippen molar-refractivity contribution >= 4 is 0 Å². The van der Waals surface area contributed by atoms with Gasteiger partial charge in [-0.15, -0.1) is 6.42 Å². The third kappa shape index (κ3) is 1.59. The van der Waals surface area contributed by atoms with Crippen molar-refractivity contribution in [2.45, 2.75) is 64.9 Å². The maximum absolute atomic E-state index is 10.8. The van der Waals surface area contributed by atoms with E-state index in [0.717, 1.165) is 31.1 Å². The molecule has 1 heteroatoms. The van der Waals surface area contributed by atoms with Gasteiger partial charge in [0.15, 0.2) is 0 Å². The summed E-state index contributed by atoms with van der Waals surface area (Å²) in [4.78, 5) is 0. The number of rotatable bonds is 0. The quantitative estimate of drug-likeness (QED) is 0.516. The van der Waals surface area contributed by atoms with Crippen LogP contribution in [0.15, 0.2) is 11.1 Å². The van der Waals surface area contributed by atoms with E-state index in [-0.39, 0.29) is 5.41 Å². The van der Waals surface area contributed by atoms with Gasteiger partial charge in [-0.05, 0) is 70.1 Å². The van der Waals surface area contributed by atoms with Crippen LogP contribution in [0.3, 0.4) is 0 Å². The summed E-state index contributed by atoms with van der Waals surface area (Å²) in [6.07, 6.45) is 12.4. The van der Waals surface area contributed by atoms with E-state index in [1.165, 1.54) is 19.3 Å². The van der Waals surface area contributed by atoms with E-state index in [2.05, 4.69) is 26.7 Å². The van der Waals surface area contributed by atoms with Crippen LogP contribution in [0.1, 0.15) is 59.3 Å². The lowest BCUT2D eigenvalue weighted by atomic mass is 9.53. The van der Waals surface area contributed by atoms with Gasteiger partial charge in [-0.1, -0.05) is 24.0 Å². The molecule has 0 spiro atoms. The first-order valence-electron chi connectivity index (χ1n) is 7.79. The number of hydrogen-bond acceptors (Lipinski definition) is 1. The highest BCUT2D eigenvalue weighted by atomic mass is 16.3. The lowest BCUT2D eigenvalue weighted by Gasteiger charge is -2.52. The van der Waals surface area contributed by atoms with Gasteiger partial charge in [-0.25, -0.2) is 0 Å². The Morgan fingerprint density at radius 3 is 2.63 bits per heavy atom. The summed E-state index contributed by atoms with van der Waals surface area (Å²) in [7, 11) is 0. The zero-order chi connectivity index (χ0) is 13.8. The van der Waals surface area contributed by atoms with E-state index in [1.807, 2.05) is 0 Å². The molecule has 5 atom stereocenters. The van der Waals surface area contributed by atoms with Crippen LogP contribution in [-0.4, -0.2) is 10.7 Å². The molecule has 0 amide bonds. The van der Waals surface area contributed by atoms with Crippen LogP contribution in [0.2, 0.25) is 0 Å². The van der Waals surface area contributed by atoms with Gasteiger partial charge in [-0.3, -0.25) is 0 Å². The van der Waals surface area contributed by atoms with Gasteiger partial charge in [0, 0.05) is 5.41 Å². The van der Waals surface area contributed by atoms with E-state index >= 15 is 0 Å². The van der Waals surface area contributed by atoms with Crippen molar-refractivity contribution in [2.24, 2.45) is 23.2 Å². The molecule has 0 heterocycles. The van der Waals surface area contributed by atoms with E-state index in [9.17, 15) is 5.11 Å². The number of allylic oxidation sites excluding steroid dienone is 2. The third-order valence-corrected chi connectivity index (χ3v) is 6.91. The largest absolute Gasteiger partial charge is 0.377 e. The number of aliphatic hydroxyl groups is 1. The maximum atomic E-state index is 10.8. The summed E-state index contributed by atoms with van der Waals surface area (Å²) < 4.78 is 0. The van der Waals surface area contributed by atoms with Crippen molar-refractivity contribution in [1.29, 1.82) is 0 Å². The molecule has 0 aromatic rings. The summed E-state index contributed by atoms with van der Waals surface area (Å²) in [6, 6.07) is 0. The molecule has 0 aliphatic heterocycles. The standard InChI is InChI=1S/C18H26O/c1-5-18(19)11-9-16-15-7-6-12(2)13(3)14(15)8-10-17(16,18)4/h1,14-16,19H,6-11H2,2-4H3/t14-,15-,16+,17+,18+/m1/s1. The molecule has 2 saturated carbocycles. The van der Waals surface area contributed by atoms with Crippen LogP contribution in [0.5, 0.6) is 0 Å². The van der Waals surface area contributed by atoms with Gasteiger partial charge in [0.25, 0.3) is 0 Å². The Labute approximate surface area is 117 Å². The first-order valence-corrected chi connectivity index (χ1v) is 7.79. The molecule has 0 radical (unpaired) electrons. The number of hydrogen-bond donors (Lipinski definition) is 1. The van der Waals surface area contributed by atoms with Crippen molar-refractivity contribution in [3.8, 4) is 12.3 Å². The summed E-state index contributed by atoms with van der Waals surface area (Å²) in [5.74, 6) is 4.87. The Balaban J connectivity index is 1.96. The van der Waals surface area contributed by atoms with Crippen molar-refractivity contribution in [1.82, 2.24) is 0 Å². The summed E-state index contributed by atoms with van der Waals surface area (Å²) >= 11 is 0. The molecule has 0 saturated heterocycles. The minimum Gasteiger partial charge on any atom is -0.377 e. The lowest BCUT2D eigenvalue weighted by molar-refractivity contribution is -0.0702. The molecule has 2 fully saturated rings. The molecule has 0 aromatic heterocycles. The van der Waals surface area contributed by atoms with Gasteiger partial charge < -0.3 is 5.11 Å². The molecule has 0 unspecified atom stereocenters. The molecule has 0 bridgehead atoms. The van der Waals surface area contributed by atoms with E-state index in [4.69, 9.17) is 6.42 Å². The van der Waals surface area contributed by atoms with Crippen LogP contribution in [0, 0.1) is 35.5 Å². The van der Waals surface area contributed by atoms with Crippen LogP contribution < -0.4 is 0 Å². The normalized spacial score (nSPS) is 49.5. The first kappa shape index (κ1) is 13.3. The van der Waals surface area contributed by atoms with Gasteiger partial charge in [0.2, 0.25) is 0 Å². The van der Waals surface area contributed by atoms with E-state index < -0.39 is 5.60 Å². The topological polar surface area (TPSA) is 20.2 Å². The first-order chi connectivity index (χ1) is 8.93. The van der Waals surface area contributed by atoms with Crippen molar-refractivity contribution in [3.63, 3.8) is 0 Å². The summed E-state index contributed by atoms with van der Waals surface area (Å²) in [5.41, 5.74) is 2.34. The lowest BCUT2D eigenvalue weighted by Crippen LogP contribution is -2.50. The van der Waals surface area contributed by atoms with Crippen LogP contribution in [0.25, 0.3) is 0 Å². The zero-order valence-corrected chi connectivity index (χ0v) is 12.5. The van der Waals surface area contributed by atoms with Crippen LogP contribution in [-0.2, 0) is 0 Å². The van der Waals surface area contributed by atoms with Crippen LogP contribution >= 0.6 is 0 Å². The average molecular weight is 258 g/mol. The Hall–Kier alpha value is -0.740. The molecule has 3 aliphatic carbocycles. The predicted octanol–water partition coefficient (Wildman–Crippen LogP) is 3.92. The Morgan fingerprint density at radius 1 is 1.21 bits per heavy atom. The second-order valence-electron chi connectivity index (χ2n) is 7.38. The van der Waals surface area contributed by atoms with Gasteiger partial charge >= 0.3 is 0 Å². The highest BCUT2D eigenvalue weighted by Crippen LogP contribution is 2.63. The second-order valence-corrected chi connectivity index (χ2v) is 7.38. The minimum atomic E-state index is -0.854. The molecule has 104 valence electrons. The molecule has 3 aliphatic rings. The molecular formula is C18H26O. The Bertz CT molecular complexity index is 469. The van der Waals surface area contributed by atoms with Gasteiger partial charge in [0.05, 0.1) is 0 Å². The van der Waals surface area contributed by atoms with Crippen LogP contribution in [0.4, 0.5) is 0 Å². The Kier molecular flexibility index (Phi) is 2.88. The second kappa shape index (κ2) is 4.13. The third-order valence-electron chi connectivity index (χ3n) is 6.91. The molecule has 19 heavy (non-hydrogen) atoms. The number of terminal acetylenes is 1. The van der Waals surface area contributed by atoms with Gasteiger partial charge in [-0.2, -0.15) is 0 Å². The Morgan fingerprint density at radius 2 is 1.95 bits per heavy atom. The zero-order valence-electron chi connectivity index (χ0n) is 12.5. The predicted molar refractivity (Wildman–Crippen MR) is 78.4 cm³/mol. The van der Waals surface area contributed by atoms with Crippen molar-refractivity contribution < 1.29 is 5.11 Å². The molecule has 3 rings (SSSR count). The van der Waals surface area contributed by atoms with E-state index in [0.29, 0.717) is 5.92 Å².